The lowest BCUT2D eigenvalue weighted by atomic mass is 10.3. The standard InChI is InChI=1S/C14H12N4OS/c1-19-11-4-2-3-10(9-11)17-14-16-6-5-12(18-14)13-15-7-8-20-13/h2-9H,1H3,(H,16,17,18). The SMILES string of the molecule is COc1cccc(Nc2nccc(-c3nccs3)n2)c1. The van der Waals surface area contributed by atoms with E-state index in [4.69, 9.17) is 4.74 Å². The highest BCUT2D eigenvalue weighted by Crippen LogP contribution is 2.22. The van der Waals surface area contributed by atoms with Crippen LogP contribution in [0.2, 0.25) is 0 Å². The van der Waals surface area contributed by atoms with Gasteiger partial charge in [0.25, 0.3) is 0 Å². The largest absolute Gasteiger partial charge is 0.497 e. The Bertz CT molecular complexity index is 700. The van der Waals surface area contributed by atoms with Crippen molar-refractivity contribution in [2.45, 2.75) is 0 Å². The number of ether oxygens (including phenoxy) is 1. The van der Waals surface area contributed by atoms with Gasteiger partial charge in [-0.1, -0.05) is 6.07 Å². The lowest BCUT2D eigenvalue weighted by molar-refractivity contribution is 0.415. The third-order valence-corrected chi connectivity index (χ3v) is 3.43. The molecule has 0 fully saturated rings. The molecule has 6 heteroatoms. The molecule has 1 N–H and O–H groups in total. The van der Waals surface area contributed by atoms with Crippen LogP contribution in [-0.4, -0.2) is 22.1 Å². The number of nitrogens with one attached hydrogen (secondary N) is 1. The molecule has 0 bridgehead atoms. The van der Waals surface area contributed by atoms with Gasteiger partial charge in [-0.3, -0.25) is 0 Å². The minimum absolute atomic E-state index is 0.533. The van der Waals surface area contributed by atoms with Gasteiger partial charge in [0, 0.05) is 29.5 Å². The van der Waals surface area contributed by atoms with Crippen LogP contribution in [0.15, 0.2) is 48.1 Å². The molecule has 0 unspecified atom stereocenters. The van der Waals surface area contributed by atoms with Gasteiger partial charge in [-0.2, -0.15) is 0 Å². The molecular weight excluding hydrogens is 272 g/mol. The van der Waals surface area contributed by atoms with Crippen LogP contribution in [-0.2, 0) is 0 Å². The van der Waals surface area contributed by atoms with Gasteiger partial charge in [-0.15, -0.1) is 11.3 Å². The van der Waals surface area contributed by atoms with Crippen LogP contribution in [0.1, 0.15) is 0 Å². The van der Waals surface area contributed by atoms with E-state index in [-0.39, 0.29) is 0 Å². The molecule has 100 valence electrons. The molecule has 5 nitrogen and oxygen atoms in total. The van der Waals surface area contributed by atoms with Crippen molar-refractivity contribution in [3.05, 3.63) is 48.1 Å². The Hall–Kier alpha value is -2.47. The molecule has 0 saturated carbocycles. The minimum Gasteiger partial charge on any atom is -0.497 e. The molecule has 0 spiro atoms. The van der Waals surface area contributed by atoms with Crippen LogP contribution < -0.4 is 10.1 Å². The van der Waals surface area contributed by atoms with E-state index in [9.17, 15) is 0 Å². The average molecular weight is 284 g/mol. The summed E-state index contributed by atoms with van der Waals surface area (Å²) in [7, 11) is 1.64. The van der Waals surface area contributed by atoms with E-state index < -0.39 is 0 Å². The normalized spacial score (nSPS) is 10.2. The van der Waals surface area contributed by atoms with E-state index >= 15 is 0 Å². The minimum atomic E-state index is 0.533. The number of anilines is 2. The van der Waals surface area contributed by atoms with Gasteiger partial charge in [-0.05, 0) is 18.2 Å². The molecule has 2 aromatic heterocycles. The van der Waals surface area contributed by atoms with E-state index in [0.717, 1.165) is 22.1 Å². The smallest absolute Gasteiger partial charge is 0.227 e. The van der Waals surface area contributed by atoms with Gasteiger partial charge in [0.05, 0.1) is 7.11 Å². The molecule has 3 rings (SSSR count). The maximum atomic E-state index is 5.19. The van der Waals surface area contributed by atoms with Gasteiger partial charge in [0.15, 0.2) is 0 Å². The maximum absolute atomic E-state index is 5.19. The highest BCUT2D eigenvalue weighted by Gasteiger charge is 2.05. The molecule has 0 aliphatic heterocycles. The van der Waals surface area contributed by atoms with Crippen molar-refractivity contribution in [2.75, 3.05) is 12.4 Å². The van der Waals surface area contributed by atoms with Gasteiger partial charge in [0.2, 0.25) is 5.95 Å². The number of hydrogen-bond donors (Lipinski definition) is 1. The van der Waals surface area contributed by atoms with Crippen molar-refractivity contribution < 1.29 is 4.74 Å². The molecule has 3 aromatic rings. The second-order valence-electron chi connectivity index (χ2n) is 3.96. The van der Waals surface area contributed by atoms with Gasteiger partial charge in [-0.25, -0.2) is 15.0 Å². The zero-order valence-corrected chi connectivity index (χ0v) is 11.6. The molecule has 0 radical (unpaired) electrons. The highest BCUT2D eigenvalue weighted by molar-refractivity contribution is 7.13. The van der Waals surface area contributed by atoms with Gasteiger partial charge in [0.1, 0.15) is 16.5 Å². The van der Waals surface area contributed by atoms with E-state index in [1.165, 1.54) is 0 Å². The van der Waals surface area contributed by atoms with E-state index in [2.05, 4.69) is 20.3 Å². The maximum Gasteiger partial charge on any atom is 0.227 e. The summed E-state index contributed by atoms with van der Waals surface area (Å²) in [6.45, 7) is 0. The first-order chi connectivity index (χ1) is 9.85. The number of rotatable bonds is 4. The zero-order chi connectivity index (χ0) is 13.8. The summed E-state index contributed by atoms with van der Waals surface area (Å²) < 4.78 is 5.19. The van der Waals surface area contributed by atoms with Crippen molar-refractivity contribution in [1.29, 1.82) is 0 Å². The molecule has 1 aromatic carbocycles. The van der Waals surface area contributed by atoms with Crippen LogP contribution >= 0.6 is 11.3 Å². The summed E-state index contributed by atoms with van der Waals surface area (Å²) in [5.41, 5.74) is 1.68. The van der Waals surface area contributed by atoms with Crippen molar-refractivity contribution >= 4 is 23.0 Å². The molecule has 20 heavy (non-hydrogen) atoms. The topological polar surface area (TPSA) is 59.9 Å². The van der Waals surface area contributed by atoms with Crippen molar-refractivity contribution in [3.63, 3.8) is 0 Å². The Kier molecular flexibility index (Phi) is 3.56. The van der Waals surface area contributed by atoms with Crippen molar-refractivity contribution in [1.82, 2.24) is 15.0 Å². The highest BCUT2D eigenvalue weighted by atomic mass is 32.1. The summed E-state index contributed by atoms with van der Waals surface area (Å²) in [5, 5.41) is 5.95. The van der Waals surface area contributed by atoms with Crippen molar-refractivity contribution in [2.24, 2.45) is 0 Å². The van der Waals surface area contributed by atoms with E-state index in [1.54, 1.807) is 30.8 Å². The second kappa shape index (κ2) is 5.66. The number of nitrogens with zero attached hydrogens (tertiary/aromatic N) is 3. The fraction of sp³-hybridized carbons (Fsp3) is 0.0714. The van der Waals surface area contributed by atoms with E-state index in [1.807, 2.05) is 35.7 Å². The van der Waals surface area contributed by atoms with Crippen LogP contribution in [0, 0.1) is 0 Å². The lowest BCUT2D eigenvalue weighted by Gasteiger charge is -2.07. The Labute approximate surface area is 120 Å². The third-order valence-electron chi connectivity index (χ3n) is 2.63. The predicted molar refractivity (Wildman–Crippen MR) is 79.4 cm³/mol. The number of benzene rings is 1. The summed E-state index contributed by atoms with van der Waals surface area (Å²) >= 11 is 1.55. The quantitative estimate of drug-likeness (QED) is 0.796. The first-order valence-corrected chi connectivity index (χ1v) is 6.87. The summed E-state index contributed by atoms with van der Waals surface area (Å²) in [5.74, 6) is 1.32. The molecule has 0 saturated heterocycles. The van der Waals surface area contributed by atoms with Crippen LogP contribution in [0.3, 0.4) is 0 Å². The molecule has 2 heterocycles. The molecule has 0 aliphatic carbocycles. The van der Waals surface area contributed by atoms with Crippen molar-refractivity contribution in [3.8, 4) is 16.5 Å². The Morgan fingerprint density at radius 1 is 1.15 bits per heavy atom. The number of thiazole rings is 1. The Balaban J connectivity index is 1.85. The fourth-order valence-corrected chi connectivity index (χ4v) is 2.32. The third kappa shape index (κ3) is 2.75. The van der Waals surface area contributed by atoms with Gasteiger partial charge >= 0.3 is 0 Å². The first kappa shape index (κ1) is 12.6. The molecule has 0 amide bonds. The predicted octanol–water partition coefficient (Wildman–Crippen LogP) is 3.35. The second-order valence-corrected chi connectivity index (χ2v) is 4.85. The fourth-order valence-electron chi connectivity index (χ4n) is 1.72. The summed E-state index contributed by atoms with van der Waals surface area (Å²) in [6.07, 6.45) is 3.48. The number of aromatic nitrogens is 3. The Morgan fingerprint density at radius 2 is 2.10 bits per heavy atom. The molecular formula is C14H12N4OS. The van der Waals surface area contributed by atoms with Crippen LogP contribution in [0.25, 0.3) is 10.7 Å². The zero-order valence-electron chi connectivity index (χ0n) is 10.8. The summed E-state index contributed by atoms with van der Waals surface area (Å²) in [6, 6.07) is 9.46. The number of methoxy groups -OCH3 is 1. The Morgan fingerprint density at radius 3 is 2.90 bits per heavy atom. The lowest BCUT2D eigenvalue weighted by Crippen LogP contribution is -1.98. The first-order valence-electron chi connectivity index (χ1n) is 5.99. The average Bonchev–Trinajstić information content (AvgIpc) is 3.02. The number of hydrogen-bond acceptors (Lipinski definition) is 6. The van der Waals surface area contributed by atoms with Crippen LogP contribution in [0.5, 0.6) is 5.75 Å². The molecule has 0 atom stereocenters. The van der Waals surface area contributed by atoms with Crippen LogP contribution in [0.4, 0.5) is 11.6 Å². The van der Waals surface area contributed by atoms with E-state index in [0.29, 0.717) is 5.95 Å². The summed E-state index contributed by atoms with van der Waals surface area (Å²) in [4.78, 5) is 12.9. The van der Waals surface area contributed by atoms with Gasteiger partial charge < -0.3 is 10.1 Å². The monoisotopic (exact) mass is 284 g/mol. The molecule has 0 aliphatic rings.